The van der Waals surface area contributed by atoms with Crippen molar-refractivity contribution in [2.24, 2.45) is 0 Å². The molecule has 3 nitrogen and oxygen atoms in total. The van der Waals surface area contributed by atoms with Crippen LogP contribution in [0, 0.1) is 13.8 Å². The van der Waals surface area contributed by atoms with Gasteiger partial charge in [0.15, 0.2) is 0 Å². The molecule has 0 fully saturated rings. The third kappa shape index (κ3) is 3.86. The highest BCUT2D eigenvalue weighted by atomic mass is 35.5. The van der Waals surface area contributed by atoms with Crippen LogP contribution in [-0.4, -0.2) is 5.91 Å². The molecule has 0 atom stereocenters. The number of amides is 1. The Morgan fingerprint density at radius 1 is 1.19 bits per heavy atom. The highest BCUT2D eigenvalue weighted by Crippen LogP contribution is 2.21. The lowest BCUT2D eigenvalue weighted by Crippen LogP contribution is -2.10. The molecule has 0 saturated heterocycles. The zero-order valence-corrected chi connectivity index (χ0v) is 12.7. The monoisotopic (exact) mass is 300 g/mol. The predicted octanol–water partition coefficient (Wildman–Crippen LogP) is 4.19. The summed E-state index contributed by atoms with van der Waals surface area (Å²) >= 11 is 5.86. The standard InChI is InChI=1S/C17H17ClN2O/c1-11-4-3-5-12(2)17(11)20-16(21)9-7-13-6-8-14(18)15(19)10-13/h3-10H,19H2,1-2H3,(H,20,21)/b9-7+. The van der Waals surface area contributed by atoms with Gasteiger partial charge in [0, 0.05) is 11.8 Å². The van der Waals surface area contributed by atoms with Gasteiger partial charge >= 0.3 is 0 Å². The quantitative estimate of drug-likeness (QED) is 0.659. The first-order valence-corrected chi connectivity index (χ1v) is 6.95. The zero-order valence-electron chi connectivity index (χ0n) is 12.0. The number of hydrogen-bond donors (Lipinski definition) is 2. The fraction of sp³-hybridized carbons (Fsp3) is 0.118. The van der Waals surface area contributed by atoms with E-state index < -0.39 is 0 Å². The number of halogens is 1. The smallest absolute Gasteiger partial charge is 0.248 e. The van der Waals surface area contributed by atoms with E-state index in [9.17, 15) is 4.79 Å². The number of para-hydroxylation sites is 1. The van der Waals surface area contributed by atoms with Crippen LogP contribution in [0.3, 0.4) is 0 Å². The molecule has 0 aromatic heterocycles. The molecule has 2 rings (SSSR count). The van der Waals surface area contributed by atoms with Gasteiger partial charge < -0.3 is 11.1 Å². The van der Waals surface area contributed by atoms with Gasteiger partial charge in [0.05, 0.1) is 10.7 Å². The Bertz CT molecular complexity index is 688. The molecule has 0 heterocycles. The Labute approximate surface area is 129 Å². The van der Waals surface area contributed by atoms with Crippen LogP contribution in [0.5, 0.6) is 0 Å². The van der Waals surface area contributed by atoms with E-state index in [0.29, 0.717) is 10.7 Å². The van der Waals surface area contributed by atoms with Crippen molar-refractivity contribution in [3.05, 3.63) is 64.2 Å². The average Bonchev–Trinajstić information content (AvgIpc) is 2.44. The number of aryl methyl sites for hydroxylation is 2. The summed E-state index contributed by atoms with van der Waals surface area (Å²) in [5, 5.41) is 3.40. The third-order valence-electron chi connectivity index (χ3n) is 3.18. The highest BCUT2D eigenvalue weighted by molar-refractivity contribution is 6.33. The molecule has 0 spiro atoms. The summed E-state index contributed by atoms with van der Waals surface area (Å²) in [6.07, 6.45) is 3.18. The van der Waals surface area contributed by atoms with Crippen LogP contribution in [0.2, 0.25) is 5.02 Å². The van der Waals surface area contributed by atoms with Gasteiger partial charge in [0.2, 0.25) is 5.91 Å². The molecule has 0 saturated carbocycles. The van der Waals surface area contributed by atoms with Gasteiger partial charge in [0.25, 0.3) is 0 Å². The lowest BCUT2D eigenvalue weighted by atomic mass is 10.1. The molecule has 0 aliphatic rings. The minimum atomic E-state index is -0.180. The zero-order chi connectivity index (χ0) is 15.4. The first-order chi connectivity index (χ1) is 9.97. The van der Waals surface area contributed by atoms with Gasteiger partial charge in [-0.25, -0.2) is 0 Å². The predicted molar refractivity (Wildman–Crippen MR) is 89.4 cm³/mol. The number of anilines is 2. The van der Waals surface area contributed by atoms with E-state index >= 15 is 0 Å². The summed E-state index contributed by atoms with van der Waals surface area (Å²) in [4.78, 5) is 12.0. The molecule has 0 radical (unpaired) electrons. The van der Waals surface area contributed by atoms with Crippen molar-refractivity contribution in [3.63, 3.8) is 0 Å². The summed E-state index contributed by atoms with van der Waals surface area (Å²) in [6.45, 7) is 3.93. The van der Waals surface area contributed by atoms with Crippen LogP contribution in [-0.2, 0) is 4.79 Å². The second-order valence-electron chi connectivity index (χ2n) is 4.87. The Hall–Kier alpha value is -2.26. The fourth-order valence-corrected chi connectivity index (χ4v) is 2.13. The molecular formula is C17H17ClN2O. The molecule has 1 amide bonds. The Kier molecular flexibility index (Phi) is 4.66. The van der Waals surface area contributed by atoms with E-state index in [1.807, 2.05) is 38.1 Å². The normalized spacial score (nSPS) is 10.8. The van der Waals surface area contributed by atoms with E-state index in [4.69, 9.17) is 17.3 Å². The number of hydrogen-bond acceptors (Lipinski definition) is 2. The van der Waals surface area contributed by atoms with Crippen molar-refractivity contribution in [3.8, 4) is 0 Å². The van der Waals surface area contributed by atoms with Crippen molar-refractivity contribution < 1.29 is 4.79 Å². The van der Waals surface area contributed by atoms with E-state index in [1.165, 1.54) is 6.08 Å². The molecule has 2 aromatic rings. The SMILES string of the molecule is Cc1cccc(C)c1NC(=O)/C=C/c1ccc(Cl)c(N)c1. The van der Waals surface area contributed by atoms with E-state index in [1.54, 1.807) is 18.2 Å². The van der Waals surface area contributed by atoms with Crippen molar-refractivity contribution in [2.45, 2.75) is 13.8 Å². The summed E-state index contributed by atoms with van der Waals surface area (Å²) in [5.41, 5.74) is 9.96. The summed E-state index contributed by atoms with van der Waals surface area (Å²) in [7, 11) is 0. The molecule has 21 heavy (non-hydrogen) atoms. The molecule has 3 N–H and O–H groups in total. The minimum absolute atomic E-state index is 0.180. The number of nitrogen functional groups attached to an aromatic ring is 1. The van der Waals surface area contributed by atoms with Crippen molar-refractivity contribution >= 4 is 35.0 Å². The fourth-order valence-electron chi connectivity index (χ4n) is 2.01. The van der Waals surface area contributed by atoms with Crippen LogP contribution in [0.1, 0.15) is 16.7 Å². The molecule has 0 aliphatic carbocycles. The van der Waals surface area contributed by atoms with Crippen LogP contribution in [0.15, 0.2) is 42.5 Å². The number of carbonyl (C=O) groups excluding carboxylic acids is 1. The molecular weight excluding hydrogens is 284 g/mol. The van der Waals surface area contributed by atoms with Crippen molar-refractivity contribution in [1.29, 1.82) is 0 Å². The maximum Gasteiger partial charge on any atom is 0.248 e. The number of nitrogens with one attached hydrogen (secondary N) is 1. The largest absolute Gasteiger partial charge is 0.398 e. The molecule has 0 unspecified atom stereocenters. The van der Waals surface area contributed by atoms with Crippen LogP contribution >= 0.6 is 11.6 Å². The Morgan fingerprint density at radius 3 is 2.48 bits per heavy atom. The summed E-state index contributed by atoms with van der Waals surface area (Å²) in [6, 6.07) is 11.1. The Morgan fingerprint density at radius 2 is 1.86 bits per heavy atom. The van der Waals surface area contributed by atoms with Gasteiger partial charge in [-0.15, -0.1) is 0 Å². The molecule has 0 aliphatic heterocycles. The molecule has 2 aromatic carbocycles. The highest BCUT2D eigenvalue weighted by Gasteiger charge is 2.04. The molecule has 0 bridgehead atoms. The third-order valence-corrected chi connectivity index (χ3v) is 3.52. The average molecular weight is 301 g/mol. The van der Waals surface area contributed by atoms with Crippen molar-refractivity contribution in [1.82, 2.24) is 0 Å². The van der Waals surface area contributed by atoms with Gasteiger partial charge in [-0.1, -0.05) is 35.9 Å². The second kappa shape index (κ2) is 6.46. The first-order valence-electron chi connectivity index (χ1n) is 6.57. The van der Waals surface area contributed by atoms with Crippen molar-refractivity contribution in [2.75, 3.05) is 11.1 Å². The lowest BCUT2D eigenvalue weighted by molar-refractivity contribution is -0.111. The van der Waals surface area contributed by atoms with E-state index in [0.717, 1.165) is 22.4 Å². The van der Waals surface area contributed by atoms with Gasteiger partial charge in [0.1, 0.15) is 0 Å². The minimum Gasteiger partial charge on any atom is -0.398 e. The van der Waals surface area contributed by atoms with Crippen LogP contribution < -0.4 is 11.1 Å². The van der Waals surface area contributed by atoms with Crippen LogP contribution in [0.4, 0.5) is 11.4 Å². The maximum absolute atomic E-state index is 12.0. The van der Waals surface area contributed by atoms with Gasteiger partial charge in [-0.3, -0.25) is 4.79 Å². The maximum atomic E-state index is 12.0. The van der Waals surface area contributed by atoms with Gasteiger partial charge in [-0.2, -0.15) is 0 Å². The number of nitrogens with two attached hydrogens (primary N) is 1. The van der Waals surface area contributed by atoms with Gasteiger partial charge in [-0.05, 0) is 48.7 Å². The van der Waals surface area contributed by atoms with E-state index in [2.05, 4.69) is 5.32 Å². The summed E-state index contributed by atoms with van der Waals surface area (Å²) < 4.78 is 0. The number of benzene rings is 2. The second-order valence-corrected chi connectivity index (χ2v) is 5.28. The van der Waals surface area contributed by atoms with E-state index in [-0.39, 0.29) is 5.91 Å². The number of carbonyl (C=O) groups is 1. The first kappa shape index (κ1) is 15.1. The summed E-state index contributed by atoms with van der Waals surface area (Å²) in [5.74, 6) is -0.180. The Balaban J connectivity index is 2.11. The lowest BCUT2D eigenvalue weighted by Gasteiger charge is -2.09. The number of rotatable bonds is 3. The molecule has 4 heteroatoms. The topological polar surface area (TPSA) is 55.1 Å². The molecule has 108 valence electrons. The van der Waals surface area contributed by atoms with Crippen LogP contribution in [0.25, 0.3) is 6.08 Å².